The lowest BCUT2D eigenvalue weighted by atomic mass is 9.83. The summed E-state index contributed by atoms with van der Waals surface area (Å²) in [5.41, 5.74) is 8.24. The summed E-state index contributed by atoms with van der Waals surface area (Å²) in [5, 5.41) is 3.87. The molecule has 0 amide bonds. The molecule has 2 aromatic rings. The summed E-state index contributed by atoms with van der Waals surface area (Å²) in [4.78, 5) is 4.75. The highest BCUT2D eigenvalue weighted by atomic mass is 35.5. The molecule has 1 aromatic heterocycles. The van der Waals surface area contributed by atoms with Gasteiger partial charge in [-0.15, -0.1) is 11.3 Å². The number of hydrogen-bond acceptors (Lipinski definition) is 3. The van der Waals surface area contributed by atoms with Gasteiger partial charge in [0.1, 0.15) is 5.01 Å². The van der Waals surface area contributed by atoms with E-state index in [1.54, 1.807) is 11.3 Å². The van der Waals surface area contributed by atoms with Gasteiger partial charge < -0.3 is 5.73 Å². The first-order valence-corrected chi connectivity index (χ1v) is 7.95. The predicted octanol–water partition coefficient (Wildman–Crippen LogP) is 4.58. The largest absolute Gasteiger partial charge is 0.319 e. The van der Waals surface area contributed by atoms with E-state index in [-0.39, 0.29) is 5.54 Å². The zero-order valence-corrected chi connectivity index (χ0v) is 12.3. The van der Waals surface area contributed by atoms with Crippen molar-refractivity contribution in [3.8, 4) is 11.3 Å². The van der Waals surface area contributed by atoms with Gasteiger partial charge in [0, 0.05) is 16.0 Å². The van der Waals surface area contributed by atoms with Crippen LogP contribution in [0.1, 0.15) is 37.1 Å². The highest BCUT2D eigenvalue weighted by Crippen LogP contribution is 2.38. The Kier molecular flexibility index (Phi) is 3.61. The summed E-state index contributed by atoms with van der Waals surface area (Å²) in [6, 6.07) is 7.82. The van der Waals surface area contributed by atoms with Crippen molar-refractivity contribution in [1.82, 2.24) is 4.98 Å². The van der Waals surface area contributed by atoms with Crippen molar-refractivity contribution in [1.29, 1.82) is 0 Å². The molecule has 1 aliphatic carbocycles. The average molecular weight is 293 g/mol. The van der Waals surface area contributed by atoms with Gasteiger partial charge in [0.25, 0.3) is 0 Å². The van der Waals surface area contributed by atoms with Crippen LogP contribution in [0.2, 0.25) is 5.02 Å². The van der Waals surface area contributed by atoms with Crippen molar-refractivity contribution >= 4 is 22.9 Å². The third kappa shape index (κ3) is 2.55. The molecule has 2 N–H and O–H groups in total. The minimum Gasteiger partial charge on any atom is -0.319 e. The van der Waals surface area contributed by atoms with Crippen LogP contribution in [0.15, 0.2) is 29.6 Å². The number of aromatic nitrogens is 1. The van der Waals surface area contributed by atoms with Crippen molar-refractivity contribution in [3.05, 3.63) is 39.7 Å². The van der Waals surface area contributed by atoms with Gasteiger partial charge in [-0.2, -0.15) is 0 Å². The standard InChI is InChI=1S/C15H17ClN2S/c16-12-7-3-2-6-11(12)13-10-19-14(18-13)15(17)8-4-1-5-9-15/h2-3,6-7,10H,1,4-5,8-9,17H2. The molecule has 0 atom stereocenters. The van der Waals surface area contributed by atoms with E-state index < -0.39 is 0 Å². The maximum Gasteiger partial charge on any atom is 0.113 e. The molecule has 0 bridgehead atoms. The smallest absolute Gasteiger partial charge is 0.113 e. The molecule has 2 nitrogen and oxygen atoms in total. The lowest BCUT2D eigenvalue weighted by Gasteiger charge is -2.31. The monoisotopic (exact) mass is 292 g/mol. The summed E-state index contributed by atoms with van der Waals surface area (Å²) < 4.78 is 0. The first-order valence-electron chi connectivity index (χ1n) is 6.69. The van der Waals surface area contributed by atoms with Gasteiger partial charge in [-0.3, -0.25) is 0 Å². The molecule has 1 fully saturated rings. The molecule has 1 aliphatic rings. The SMILES string of the molecule is NC1(c2nc(-c3ccccc3Cl)cs2)CCCCC1. The zero-order valence-electron chi connectivity index (χ0n) is 10.7. The van der Waals surface area contributed by atoms with Gasteiger partial charge in [0.2, 0.25) is 0 Å². The maximum absolute atomic E-state index is 6.52. The van der Waals surface area contributed by atoms with Gasteiger partial charge >= 0.3 is 0 Å². The average Bonchev–Trinajstić information content (AvgIpc) is 2.90. The Labute approximate surface area is 122 Å². The molecule has 0 unspecified atom stereocenters. The highest BCUT2D eigenvalue weighted by molar-refractivity contribution is 7.10. The molecule has 0 saturated heterocycles. The molecular formula is C15H17ClN2S. The molecule has 19 heavy (non-hydrogen) atoms. The Morgan fingerprint density at radius 1 is 1.16 bits per heavy atom. The van der Waals surface area contributed by atoms with Crippen LogP contribution in [-0.4, -0.2) is 4.98 Å². The fraction of sp³-hybridized carbons (Fsp3) is 0.400. The van der Waals surface area contributed by atoms with Gasteiger partial charge in [0.05, 0.1) is 11.2 Å². The molecule has 4 heteroatoms. The second kappa shape index (κ2) is 5.23. The van der Waals surface area contributed by atoms with E-state index in [2.05, 4.69) is 5.38 Å². The van der Waals surface area contributed by atoms with Crippen LogP contribution in [0, 0.1) is 0 Å². The van der Waals surface area contributed by atoms with Crippen LogP contribution in [-0.2, 0) is 5.54 Å². The molecule has 100 valence electrons. The van der Waals surface area contributed by atoms with Crippen molar-refractivity contribution in [3.63, 3.8) is 0 Å². The van der Waals surface area contributed by atoms with Crippen LogP contribution in [0.25, 0.3) is 11.3 Å². The summed E-state index contributed by atoms with van der Waals surface area (Å²) in [6.45, 7) is 0. The lowest BCUT2D eigenvalue weighted by molar-refractivity contribution is 0.301. The normalized spacial score (nSPS) is 18.4. The predicted molar refractivity (Wildman–Crippen MR) is 81.5 cm³/mol. The van der Waals surface area contributed by atoms with E-state index in [1.165, 1.54) is 19.3 Å². The molecule has 1 aromatic carbocycles. The summed E-state index contributed by atoms with van der Waals surface area (Å²) in [7, 11) is 0. The van der Waals surface area contributed by atoms with Crippen molar-refractivity contribution in [2.24, 2.45) is 5.73 Å². The highest BCUT2D eigenvalue weighted by Gasteiger charge is 2.32. The Morgan fingerprint density at radius 3 is 2.63 bits per heavy atom. The fourth-order valence-corrected chi connectivity index (χ4v) is 3.92. The van der Waals surface area contributed by atoms with E-state index in [0.717, 1.165) is 34.1 Å². The van der Waals surface area contributed by atoms with E-state index in [1.807, 2.05) is 24.3 Å². The van der Waals surface area contributed by atoms with E-state index in [4.69, 9.17) is 22.3 Å². The molecule has 0 aliphatic heterocycles. The Morgan fingerprint density at radius 2 is 1.89 bits per heavy atom. The van der Waals surface area contributed by atoms with E-state index >= 15 is 0 Å². The first-order chi connectivity index (χ1) is 9.19. The van der Waals surface area contributed by atoms with Crippen LogP contribution in [0.5, 0.6) is 0 Å². The number of nitrogens with zero attached hydrogens (tertiary/aromatic N) is 1. The fourth-order valence-electron chi connectivity index (χ4n) is 2.69. The molecule has 0 spiro atoms. The van der Waals surface area contributed by atoms with E-state index in [9.17, 15) is 0 Å². The Hall–Kier alpha value is -0.900. The lowest BCUT2D eigenvalue weighted by Crippen LogP contribution is -2.38. The molecule has 0 radical (unpaired) electrons. The third-order valence-electron chi connectivity index (χ3n) is 3.83. The summed E-state index contributed by atoms with van der Waals surface area (Å²) >= 11 is 7.89. The number of hydrogen-bond donors (Lipinski definition) is 1. The van der Waals surface area contributed by atoms with Crippen molar-refractivity contribution < 1.29 is 0 Å². The number of thiazole rings is 1. The van der Waals surface area contributed by atoms with Crippen LogP contribution in [0.3, 0.4) is 0 Å². The molecular weight excluding hydrogens is 276 g/mol. The van der Waals surface area contributed by atoms with Crippen LogP contribution >= 0.6 is 22.9 Å². The summed E-state index contributed by atoms with van der Waals surface area (Å²) in [6.07, 6.45) is 5.79. The first kappa shape index (κ1) is 13.1. The minimum absolute atomic E-state index is 0.220. The molecule has 1 heterocycles. The number of benzene rings is 1. The quantitative estimate of drug-likeness (QED) is 0.880. The number of halogens is 1. The molecule has 3 rings (SSSR count). The van der Waals surface area contributed by atoms with Crippen molar-refractivity contribution in [2.75, 3.05) is 0 Å². The number of nitrogens with two attached hydrogens (primary N) is 1. The van der Waals surface area contributed by atoms with Gasteiger partial charge in [-0.05, 0) is 18.9 Å². The Bertz CT molecular complexity index is 573. The van der Waals surface area contributed by atoms with Gasteiger partial charge in [-0.1, -0.05) is 49.1 Å². The topological polar surface area (TPSA) is 38.9 Å². The van der Waals surface area contributed by atoms with Gasteiger partial charge in [-0.25, -0.2) is 4.98 Å². The van der Waals surface area contributed by atoms with E-state index in [0.29, 0.717) is 0 Å². The second-order valence-corrected chi connectivity index (χ2v) is 6.50. The minimum atomic E-state index is -0.220. The zero-order chi connectivity index (χ0) is 13.3. The second-order valence-electron chi connectivity index (χ2n) is 5.23. The maximum atomic E-state index is 6.52. The van der Waals surface area contributed by atoms with Crippen LogP contribution in [0.4, 0.5) is 0 Å². The summed E-state index contributed by atoms with van der Waals surface area (Å²) in [5.74, 6) is 0. The van der Waals surface area contributed by atoms with Gasteiger partial charge in [0.15, 0.2) is 0 Å². The van der Waals surface area contributed by atoms with Crippen molar-refractivity contribution in [2.45, 2.75) is 37.6 Å². The molecule has 1 saturated carbocycles. The van der Waals surface area contributed by atoms with Crippen LogP contribution < -0.4 is 5.73 Å². The Balaban J connectivity index is 1.93. The number of rotatable bonds is 2. The third-order valence-corrected chi connectivity index (χ3v) is 5.22.